The van der Waals surface area contributed by atoms with E-state index in [0.29, 0.717) is 18.2 Å². The number of hydrogen-bond acceptors (Lipinski definition) is 5. The average molecular weight is 195 g/mol. The third-order valence-corrected chi connectivity index (χ3v) is 1.44. The maximum atomic E-state index is 5.35. The highest BCUT2D eigenvalue weighted by Gasteiger charge is 2.02. The van der Waals surface area contributed by atoms with Crippen molar-refractivity contribution in [3.8, 4) is 11.5 Å². The van der Waals surface area contributed by atoms with E-state index in [1.54, 1.807) is 19.2 Å². The van der Waals surface area contributed by atoms with E-state index in [1.165, 1.54) is 0 Å². The highest BCUT2D eigenvalue weighted by atomic mass is 16.7. The number of benzene rings is 1. The van der Waals surface area contributed by atoms with Gasteiger partial charge >= 0.3 is 0 Å². The molecule has 0 aliphatic rings. The van der Waals surface area contributed by atoms with Crippen molar-refractivity contribution >= 4 is 6.72 Å². The smallest absolute Gasteiger partial charge is 0.198 e. The minimum Gasteiger partial charge on any atom is -0.474 e. The first-order valence-electron chi connectivity index (χ1n) is 4.12. The zero-order chi connectivity index (χ0) is 10.2. The second-order valence-corrected chi connectivity index (χ2v) is 2.44. The maximum absolute atomic E-state index is 5.35. The Hall–Kier alpha value is -1.75. The van der Waals surface area contributed by atoms with Crippen LogP contribution in [0.4, 0.5) is 0 Å². The Morgan fingerprint density at radius 1 is 1.36 bits per heavy atom. The molecule has 2 N–H and O–H groups in total. The number of nitrogens with zero attached hydrogens (tertiary/aromatic N) is 1. The Bertz CT molecular complexity index is 291. The molecule has 0 aromatic heterocycles. The zero-order valence-electron chi connectivity index (χ0n) is 7.99. The van der Waals surface area contributed by atoms with Gasteiger partial charge in [0.05, 0.1) is 0 Å². The summed E-state index contributed by atoms with van der Waals surface area (Å²) in [6.45, 7) is 3.65. The molecular weight excluding hydrogens is 182 g/mol. The molecule has 0 aliphatic heterocycles. The van der Waals surface area contributed by atoms with E-state index in [-0.39, 0.29) is 0 Å². The monoisotopic (exact) mass is 195 g/mol. The molecule has 0 heterocycles. The lowest BCUT2D eigenvalue weighted by Gasteiger charge is -2.09. The summed E-state index contributed by atoms with van der Waals surface area (Å²) < 4.78 is 5.35. The molecule has 0 saturated heterocycles. The Balaban J connectivity index is 2.64. The van der Waals surface area contributed by atoms with Crippen LogP contribution in [0.2, 0.25) is 0 Å². The van der Waals surface area contributed by atoms with Crippen molar-refractivity contribution in [2.75, 3.05) is 13.8 Å². The Labute approximate surface area is 82.7 Å². The van der Waals surface area contributed by atoms with Gasteiger partial charge in [-0.1, -0.05) is 12.1 Å². The number of para-hydroxylation sites is 2. The van der Waals surface area contributed by atoms with Crippen molar-refractivity contribution in [1.82, 2.24) is 10.9 Å². The fourth-order valence-corrected chi connectivity index (χ4v) is 0.885. The summed E-state index contributed by atoms with van der Waals surface area (Å²) in [5.41, 5.74) is 2.29. The molecule has 5 nitrogen and oxygen atoms in total. The minimum atomic E-state index is 0.419. The third kappa shape index (κ3) is 2.95. The minimum absolute atomic E-state index is 0.419. The first-order valence-corrected chi connectivity index (χ1v) is 4.12. The molecule has 0 fully saturated rings. The lowest BCUT2D eigenvalue weighted by molar-refractivity contribution is 0.186. The van der Waals surface area contributed by atoms with Gasteiger partial charge in [-0.2, -0.15) is 5.10 Å². The molecule has 0 atom stereocenters. The maximum Gasteiger partial charge on any atom is 0.198 e. The number of rotatable bonds is 6. The Kier molecular flexibility index (Phi) is 4.30. The van der Waals surface area contributed by atoms with Crippen molar-refractivity contribution in [1.29, 1.82) is 0 Å². The third-order valence-electron chi connectivity index (χ3n) is 1.44. The molecular formula is C9H13N3O2. The summed E-state index contributed by atoms with van der Waals surface area (Å²) >= 11 is 0. The fourth-order valence-electron chi connectivity index (χ4n) is 0.885. The number of hydrogen-bond donors (Lipinski definition) is 2. The van der Waals surface area contributed by atoms with Crippen LogP contribution in [0.15, 0.2) is 29.4 Å². The van der Waals surface area contributed by atoms with Crippen LogP contribution in [0.25, 0.3) is 0 Å². The molecule has 0 saturated carbocycles. The molecule has 0 bridgehead atoms. The van der Waals surface area contributed by atoms with E-state index < -0.39 is 0 Å². The number of nitrogens with one attached hydrogen (secondary N) is 2. The molecule has 0 amide bonds. The molecule has 14 heavy (non-hydrogen) atoms. The van der Waals surface area contributed by atoms with Crippen molar-refractivity contribution in [2.24, 2.45) is 5.10 Å². The van der Waals surface area contributed by atoms with E-state index in [9.17, 15) is 0 Å². The van der Waals surface area contributed by atoms with Gasteiger partial charge in [0.15, 0.2) is 11.5 Å². The molecule has 0 radical (unpaired) electrons. The zero-order valence-corrected chi connectivity index (χ0v) is 7.99. The van der Waals surface area contributed by atoms with E-state index in [4.69, 9.17) is 9.57 Å². The van der Waals surface area contributed by atoms with Gasteiger partial charge in [0.25, 0.3) is 0 Å². The summed E-state index contributed by atoms with van der Waals surface area (Å²) in [5.74, 6) is 1.20. The van der Waals surface area contributed by atoms with Crippen molar-refractivity contribution in [3.63, 3.8) is 0 Å². The molecule has 0 aliphatic carbocycles. The van der Waals surface area contributed by atoms with Crippen LogP contribution in [0, 0.1) is 0 Å². The normalized spacial score (nSPS) is 9.21. The molecule has 0 unspecified atom stereocenters. The van der Waals surface area contributed by atoms with Crippen molar-refractivity contribution in [2.45, 2.75) is 0 Å². The summed E-state index contributed by atoms with van der Waals surface area (Å²) in [4.78, 5) is 5.05. The molecule has 1 aromatic rings. The molecule has 76 valence electrons. The number of ether oxygens (including phenoxy) is 1. The van der Waals surface area contributed by atoms with Gasteiger partial charge in [0, 0.05) is 6.72 Å². The topological polar surface area (TPSA) is 54.9 Å². The van der Waals surface area contributed by atoms with Gasteiger partial charge in [-0.15, -0.1) is 5.59 Å². The average Bonchev–Trinajstić information content (AvgIpc) is 2.24. The van der Waals surface area contributed by atoms with E-state index in [2.05, 4.69) is 22.7 Å². The lowest BCUT2D eigenvalue weighted by atomic mass is 10.3. The second-order valence-electron chi connectivity index (χ2n) is 2.44. The van der Waals surface area contributed by atoms with Gasteiger partial charge in [0.1, 0.15) is 6.73 Å². The highest BCUT2D eigenvalue weighted by molar-refractivity contribution is 5.39. The van der Waals surface area contributed by atoms with Gasteiger partial charge in [-0.05, 0) is 19.2 Å². The van der Waals surface area contributed by atoms with E-state index in [0.717, 1.165) is 0 Å². The first kappa shape index (κ1) is 10.3. The van der Waals surface area contributed by atoms with Crippen LogP contribution in [0.1, 0.15) is 0 Å². The summed E-state index contributed by atoms with van der Waals surface area (Å²) in [6.07, 6.45) is 0. The van der Waals surface area contributed by atoms with Gasteiger partial charge in [-0.3, -0.25) is 5.32 Å². The van der Waals surface area contributed by atoms with Crippen LogP contribution in [-0.2, 0) is 0 Å². The van der Waals surface area contributed by atoms with Gasteiger partial charge in [0.2, 0.25) is 0 Å². The van der Waals surface area contributed by atoms with Crippen LogP contribution in [0.3, 0.4) is 0 Å². The summed E-state index contributed by atoms with van der Waals surface area (Å²) in [5, 5.41) is 6.22. The Morgan fingerprint density at radius 2 is 2.07 bits per heavy atom. The van der Waals surface area contributed by atoms with Crippen LogP contribution in [-0.4, -0.2) is 20.5 Å². The highest BCUT2D eigenvalue weighted by Crippen LogP contribution is 2.25. The molecule has 1 rings (SSSR count). The van der Waals surface area contributed by atoms with E-state index in [1.807, 2.05) is 12.1 Å². The van der Waals surface area contributed by atoms with E-state index >= 15 is 0 Å². The molecule has 5 heteroatoms. The molecule has 1 aromatic carbocycles. The molecule has 0 spiro atoms. The summed E-state index contributed by atoms with van der Waals surface area (Å²) in [7, 11) is 1.80. The predicted molar refractivity (Wildman–Crippen MR) is 54.3 cm³/mol. The van der Waals surface area contributed by atoms with Crippen molar-refractivity contribution in [3.05, 3.63) is 24.3 Å². The second kappa shape index (κ2) is 5.82. The quantitative estimate of drug-likeness (QED) is 0.399. The lowest BCUT2D eigenvalue weighted by Crippen LogP contribution is -2.16. The first-order chi connectivity index (χ1) is 6.88. The van der Waals surface area contributed by atoms with Crippen molar-refractivity contribution < 1.29 is 9.57 Å². The standard InChI is InChI=1S/C9H13N3O2/c1-10-7-13-8-5-3-4-6-9(8)14-12-11-2/h3-6,10,12H,2,7H2,1H3. The van der Waals surface area contributed by atoms with Crippen LogP contribution in [0.5, 0.6) is 11.5 Å². The largest absolute Gasteiger partial charge is 0.474 e. The van der Waals surface area contributed by atoms with Gasteiger partial charge < -0.3 is 9.57 Å². The fraction of sp³-hybridized carbons (Fsp3) is 0.222. The van der Waals surface area contributed by atoms with Crippen LogP contribution >= 0.6 is 0 Å². The van der Waals surface area contributed by atoms with Crippen LogP contribution < -0.4 is 20.5 Å². The van der Waals surface area contributed by atoms with Gasteiger partial charge in [-0.25, -0.2) is 0 Å². The Morgan fingerprint density at radius 3 is 2.71 bits per heavy atom. The summed E-state index contributed by atoms with van der Waals surface area (Å²) in [6, 6.07) is 7.27. The SMILES string of the molecule is C=NNOc1ccccc1OCNC. The number of hydrazone groups is 1. The predicted octanol–water partition coefficient (Wildman–Crippen LogP) is 0.741.